The maximum Gasteiger partial charge on any atom is 0.179 e. The van der Waals surface area contributed by atoms with E-state index in [1.807, 2.05) is 0 Å². The molecule has 164 valence electrons. The first-order valence-electron chi connectivity index (χ1n) is 9.97. The third-order valence-electron chi connectivity index (χ3n) is 5.70. The highest BCUT2D eigenvalue weighted by Gasteiger charge is 2.23. The molecule has 1 saturated carbocycles. The number of pyridine rings is 1. The van der Waals surface area contributed by atoms with Crippen LogP contribution in [0.25, 0.3) is 22.0 Å². The monoisotopic (exact) mass is 463 g/mol. The number of nitrogens with one attached hydrogen (secondary N) is 1. The summed E-state index contributed by atoms with van der Waals surface area (Å²) in [4.78, 5) is 4.43. The SMILES string of the molecule is CS(=O)(=O)c1cnc2ccc(-c3cc(F)c(O)c(Cl)c3)cc2c1N[C@H]1CC[C@H](N)CC1. The molecule has 0 aliphatic heterocycles. The molecule has 3 aromatic rings. The number of phenolic OH excluding ortho intramolecular Hbond substituents is 1. The molecule has 0 saturated heterocycles. The summed E-state index contributed by atoms with van der Waals surface area (Å²) in [6.45, 7) is 0. The van der Waals surface area contributed by atoms with Gasteiger partial charge in [0.05, 0.1) is 16.2 Å². The van der Waals surface area contributed by atoms with Gasteiger partial charge in [-0.15, -0.1) is 0 Å². The van der Waals surface area contributed by atoms with Crippen molar-refractivity contribution >= 4 is 38.0 Å². The van der Waals surface area contributed by atoms with Crippen LogP contribution in [0.5, 0.6) is 5.75 Å². The van der Waals surface area contributed by atoms with Gasteiger partial charge in [-0.2, -0.15) is 0 Å². The minimum Gasteiger partial charge on any atom is -0.504 e. The zero-order chi connectivity index (χ0) is 22.3. The summed E-state index contributed by atoms with van der Waals surface area (Å²) in [7, 11) is -3.55. The lowest BCUT2D eigenvalue weighted by Crippen LogP contribution is -2.33. The van der Waals surface area contributed by atoms with Gasteiger partial charge >= 0.3 is 0 Å². The Hall–Kier alpha value is -2.42. The number of benzene rings is 2. The summed E-state index contributed by atoms with van der Waals surface area (Å²) in [5.74, 6) is -1.44. The van der Waals surface area contributed by atoms with E-state index in [0.717, 1.165) is 31.9 Å². The number of aromatic nitrogens is 1. The van der Waals surface area contributed by atoms with E-state index < -0.39 is 21.4 Å². The maximum absolute atomic E-state index is 14.0. The molecule has 9 heteroatoms. The van der Waals surface area contributed by atoms with Crippen molar-refractivity contribution in [2.24, 2.45) is 5.73 Å². The van der Waals surface area contributed by atoms with Gasteiger partial charge in [-0.1, -0.05) is 17.7 Å². The van der Waals surface area contributed by atoms with Crippen molar-refractivity contribution in [3.63, 3.8) is 0 Å². The predicted molar refractivity (Wildman–Crippen MR) is 121 cm³/mol. The molecule has 0 bridgehead atoms. The van der Waals surface area contributed by atoms with Crippen molar-refractivity contribution in [3.8, 4) is 16.9 Å². The maximum atomic E-state index is 14.0. The Labute approximate surface area is 185 Å². The van der Waals surface area contributed by atoms with E-state index in [1.54, 1.807) is 18.2 Å². The predicted octanol–water partition coefficient (Wildman–Crippen LogP) is 4.49. The molecule has 0 unspecified atom stereocenters. The molecule has 1 heterocycles. The van der Waals surface area contributed by atoms with Crippen LogP contribution in [0.4, 0.5) is 10.1 Å². The molecule has 2 aromatic carbocycles. The van der Waals surface area contributed by atoms with Crippen LogP contribution in [0.1, 0.15) is 25.7 Å². The van der Waals surface area contributed by atoms with Crippen molar-refractivity contribution in [1.82, 2.24) is 4.98 Å². The summed E-state index contributed by atoms with van der Waals surface area (Å²) >= 11 is 5.94. The van der Waals surface area contributed by atoms with E-state index in [0.29, 0.717) is 27.7 Å². The van der Waals surface area contributed by atoms with Crippen LogP contribution in [0.2, 0.25) is 5.02 Å². The van der Waals surface area contributed by atoms with E-state index in [1.165, 1.54) is 18.3 Å². The average Bonchev–Trinajstić information content (AvgIpc) is 2.72. The third kappa shape index (κ3) is 4.46. The van der Waals surface area contributed by atoms with E-state index in [4.69, 9.17) is 17.3 Å². The summed E-state index contributed by atoms with van der Waals surface area (Å²) in [6.07, 6.45) is 5.93. The Morgan fingerprint density at radius 2 is 1.87 bits per heavy atom. The smallest absolute Gasteiger partial charge is 0.179 e. The number of aromatic hydroxyl groups is 1. The van der Waals surface area contributed by atoms with E-state index >= 15 is 0 Å². The molecule has 0 atom stereocenters. The Balaban J connectivity index is 1.87. The molecule has 4 rings (SSSR count). The zero-order valence-corrected chi connectivity index (χ0v) is 18.5. The van der Waals surface area contributed by atoms with Gasteiger partial charge in [-0.25, -0.2) is 12.8 Å². The molecular formula is C22H23ClFN3O3S. The van der Waals surface area contributed by atoms with E-state index in [9.17, 15) is 17.9 Å². The second-order valence-electron chi connectivity index (χ2n) is 8.05. The fraction of sp³-hybridized carbons (Fsp3) is 0.318. The fourth-order valence-corrected chi connectivity index (χ4v) is 4.98. The summed E-state index contributed by atoms with van der Waals surface area (Å²) in [5, 5.41) is 13.5. The van der Waals surface area contributed by atoms with Gasteiger partial charge in [0.25, 0.3) is 0 Å². The Morgan fingerprint density at radius 1 is 1.16 bits per heavy atom. The van der Waals surface area contributed by atoms with Gasteiger partial charge in [-0.05, 0) is 61.1 Å². The number of rotatable bonds is 4. The summed E-state index contributed by atoms with van der Waals surface area (Å²) in [6, 6.07) is 8.17. The third-order valence-corrected chi connectivity index (χ3v) is 7.10. The van der Waals surface area contributed by atoms with Gasteiger partial charge in [-0.3, -0.25) is 4.98 Å². The highest BCUT2D eigenvalue weighted by Crippen LogP contribution is 2.37. The fourth-order valence-electron chi connectivity index (χ4n) is 3.98. The molecule has 0 radical (unpaired) electrons. The average molecular weight is 464 g/mol. The normalized spacial score (nSPS) is 19.5. The van der Waals surface area contributed by atoms with Crippen LogP contribution in [0.3, 0.4) is 0 Å². The van der Waals surface area contributed by atoms with Crippen LogP contribution >= 0.6 is 11.6 Å². The van der Waals surface area contributed by atoms with Gasteiger partial charge in [0.2, 0.25) is 0 Å². The molecule has 6 nitrogen and oxygen atoms in total. The quantitative estimate of drug-likeness (QED) is 0.526. The highest BCUT2D eigenvalue weighted by atomic mass is 35.5. The zero-order valence-electron chi connectivity index (χ0n) is 16.9. The van der Waals surface area contributed by atoms with Crippen molar-refractivity contribution in [2.75, 3.05) is 11.6 Å². The molecule has 1 fully saturated rings. The number of nitrogens with two attached hydrogens (primary N) is 1. The van der Waals surface area contributed by atoms with Crippen LogP contribution in [0.15, 0.2) is 41.4 Å². The van der Waals surface area contributed by atoms with Crippen molar-refractivity contribution in [1.29, 1.82) is 0 Å². The highest BCUT2D eigenvalue weighted by molar-refractivity contribution is 7.90. The first kappa shape index (κ1) is 21.8. The van der Waals surface area contributed by atoms with Gasteiger partial charge in [0.1, 0.15) is 4.90 Å². The molecule has 0 spiro atoms. The first-order chi connectivity index (χ1) is 14.6. The number of hydrogen-bond donors (Lipinski definition) is 3. The van der Waals surface area contributed by atoms with Gasteiger partial charge in [0, 0.05) is 29.9 Å². The molecule has 0 amide bonds. The first-order valence-corrected chi connectivity index (χ1v) is 12.2. The van der Waals surface area contributed by atoms with Gasteiger partial charge < -0.3 is 16.2 Å². The van der Waals surface area contributed by atoms with Crippen LogP contribution < -0.4 is 11.1 Å². The second-order valence-corrected chi connectivity index (χ2v) is 10.4. The lowest BCUT2D eigenvalue weighted by Gasteiger charge is -2.28. The van der Waals surface area contributed by atoms with E-state index in [-0.39, 0.29) is 22.0 Å². The van der Waals surface area contributed by atoms with Gasteiger partial charge in [0.15, 0.2) is 21.4 Å². The number of nitrogens with zero attached hydrogens (tertiary/aromatic N) is 1. The van der Waals surface area contributed by atoms with Crippen molar-refractivity contribution < 1.29 is 17.9 Å². The Kier molecular flexibility index (Phi) is 5.81. The number of hydrogen-bond acceptors (Lipinski definition) is 6. The number of sulfone groups is 1. The molecular weight excluding hydrogens is 441 g/mol. The lowest BCUT2D eigenvalue weighted by molar-refractivity contribution is 0.411. The lowest BCUT2D eigenvalue weighted by atomic mass is 9.91. The molecule has 31 heavy (non-hydrogen) atoms. The topological polar surface area (TPSA) is 105 Å². The number of fused-ring (bicyclic) bond motifs is 1. The van der Waals surface area contributed by atoms with Crippen molar-refractivity contribution in [2.45, 2.75) is 42.7 Å². The van der Waals surface area contributed by atoms with Crippen LogP contribution in [0, 0.1) is 5.82 Å². The molecule has 1 aliphatic carbocycles. The van der Waals surface area contributed by atoms with Crippen LogP contribution in [-0.4, -0.2) is 36.8 Å². The van der Waals surface area contributed by atoms with Crippen LogP contribution in [-0.2, 0) is 9.84 Å². The minimum absolute atomic E-state index is 0.0927. The van der Waals surface area contributed by atoms with E-state index in [2.05, 4.69) is 10.3 Å². The largest absolute Gasteiger partial charge is 0.504 e. The number of phenols is 1. The number of halogens is 2. The standard InChI is InChI=1S/C22H23ClFN3O3S/c1-31(29,30)20-11-26-19-7-2-12(13-9-17(23)22(28)18(24)10-13)8-16(19)21(20)27-15-5-3-14(25)4-6-15/h2,7-11,14-15,28H,3-6,25H2,1H3,(H,26,27)/t14-,15-. The Bertz CT molecular complexity index is 1240. The molecule has 1 aliphatic rings. The molecule has 4 N–H and O–H groups in total. The summed E-state index contributed by atoms with van der Waals surface area (Å²) in [5.41, 5.74) is 8.18. The molecule has 1 aromatic heterocycles. The summed E-state index contributed by atoms with van der Waals surface area (Å²) < 4.78 is 39.0. The second kappa shape index (κ2) is 8.26. The van der Waals surface area contributed by atoms with Crippen molar-refractivity contribution in [3.05, 3.63) is 47.4 Å². The minimum atomic E-state index is -3.55. The Morgan fingerprint density at radius 3 is 2.52 bits per heavy atom. The number of anilines is 1.